The lowest BCUT2D eigenvalue weighted by Crippen LogP contribution is -2.61. The lowest BCUT2D eigenvalue weighted by molar-refractivity contribution is -0.143. The van der Waals surface area contributed by atoms with Crippen molar-refractivity contribution in [3.63, 3.8) is 0 Å². The van der Waals surface area contributed by atoms with Gasteiger partial charge >= 0.3 is 5.97 Å². The highest BCUT2D eigenvalue weighted by molar-refractivity contribution is 6.01. The van der Waals surface area contributed by atoms with Crippen LogP contribution in [0.3, 0.4) is 0 Å². The van der Waals surface area contributed by atoms with Gasteiger partial charge < -0.3 is 130 Å². The van der Waals surface area contributed by atoms with Crippen molar-refractivity contribution in [2.24, 2.45) is 80.6 Å². The van der Waals surface area contributed by atoms with Gasteiger partial charge in [-0.3, -0.25) is 86.5 Å². The van der Waals surface area contributed by atoms with Crippen LogP contribution in [0.1, 0.15) is 246 Å². The Morgan fingerprint density at radius 2 is 0.595 bits per heavy atom. The molecule has 1 aliphatic rings. The van der Waals surface area contributed by atoms with E-state index >= 15 is 0 Å². The van der Waals surface area contributed by atoms with Crippen molar-refractivity contribution in [3.8, 4) is 0 Å². The predicted molar refractivity (Wildman–Crippen MR) is 477 cm³/mol. The Balaban J connectivity index is 3.51. The number of guanidine groups is 1. The number of aliphatic imine (C=N–C) groups is 1. The molecule has 1 rings (SSSR count). The molecular weight excluding hydrogens is 1630 g/mol. The standard InChI is InChI=1S/C84H156N24O18/c1-44(2)40-60(102-77(119)61(41-45(3)4)103-81(123)66(49(11)12)107-79(121)64-33-27-39-108(64)82(124)63(43-47(7)8)105-78(120)62(42-46(5)6)104-80(122)65(48(9)10)106-70(112)53(16)93-67(109)50(13)89)76(118)95-51(14)68(110)94-52(15)69(111)97-56(29-19-23-35-86)72(114)99-57(30-20-24-36-87)73(115)100-58(31-21-25-37-88)74(116)101-59(32-26-38-92-84(90)91)75(117)98-55(28-18-22-34-85)71(113)96-54(17)83(125)126/h44-66H,18-43,85-89H2,1-17H3,(H,93,109)(H,94,110)(H,95,118)(H,96,113)(H,97,111)(H,98,117)(H,99,114)(H,100,115)(H,101,116)(H,102,119)(H,103,123)(H,104,122)(H,105,120)(H,106,112)(H,107,121)(H,125,126)(H4,90,91,92)/t50-,51-,52-,53-,54-,55-,56-,57-,58-,59-,60-,61-,62-,63-,64-,65-,66-/m0/s1. The van der Waals surface area contributed by atoms with Gasteiger partial charge in [0.15, 0.2) is 5.96 Å². The second-order valence-electron chi connectivity index (χ2n) is 35.4. The van der Waals surface area contributed by atoms with E-state index in [-0.39, 0.29) is 140 Å². The number of likely N-dealkylation sites (tertiary alicyclic amines) is 1. The molecule has 126 heavy (non-hydrogen) atoms. The maximum absolute atomic E-state index is 14.8. The van der Waals surface area contributed by atoms with Gasteiger partial charge in [0.2, 0.25) is 94.5 Å². The molecular formula is C84H156N24O18. The number of nitrogens with one attached hydrogen (secondary N) is 15. The molecule has 0 saturated carbocycles. The fourth-order valence-corrected chi connectivity index (χ4v) is 13.7. The number of carboxylic acids is 1. The Labute approximate surface area is 743 Å². The molecule has 720 valence electrons. The number of amides is 16. The third-order valence-electron chi connectivity index (χ3n) is 21.0. The molecule has 0 aliphatic carbocycles. The first-order chi connectivity index (χ1) is 59.0. The minimum absolute atomic E-state index is 0.00160. The van der Waals surface area contributed by atoms with Crippen molar-refractivity contribution in [1.82, 2.24) is 84.7 Å². The van der Waals surface area contributed by atoms with Crippen LogP contribution in [0.5, 0.6) is 0 Å². The van der Waals surface area contributed by atoms with E-state index in [1.54, 1.807) is 41.5 Å². The number of unbranched alkanes of at least 4 members (excludes halogenated alkanes) is 4. The second-order valence-corrected chi connectivity index (χ2v) is 35.4. The monoisotopic (exact) mass is 1790 g/mol. The van der Waals surface area contributed by atoms with E-state index in [0.717, 1.165) is 0 Å². The van der Waals surface area contributed by atoms with Gasteiger partial charge in [-0.25, -0.2) is 0 Å². The molecule has 0 radical (unpaired) electrons. The lowest BCUT2D eigenvalue weighted by atomic mass is 9.97. The molecule has 42 heteroatoms. The Morgan fingerprint density at radius 3 is 0.937 bits per heavy atom. The maximum Gasteiger partial charge on any atom is 0.325 e. The average Bonchev–Trinajstić information content (AvgIpc) is 1.65. The molecule has 1 heterocycles. The number of carboxylic acid groups (broad SMARTS) is 1. The number of hydrogen-bond donors (Lipinski definition) is 23. The molecule has 0 aromatic carbocycles. The molecule has 30 N–H and O–H groups in total. The van der Waals surface area contributed by atoms with Gasteiger partial charge in [-0.1, -0.05) is 83.1 Å². The topological polar surface area (TPSA) is 689 Å². The van der Waals surface area contributed by atoms with Gasteiger partial charge in [-0.15, -0.1) is 0 Å². The molecule has 17 atom stereocenters. The van der Waals surface area contributed by atoms with Crippen LogP contribution < -0.4 is 120 Å². The van der Waals surface area contributed by atoms with Gasteiger partial charge in [0.05, 0.1) is 6.04 Å². The van der Waals surface area contributed by atoms with E-state index in [2.05, 4.69) is 84.7 Å². The van der Waals surface area contributed by atoms with Crippen LogP contribution in [0, 0.1) is 35.5 Å². The highest BCUT2D eigenvalue weighted by atomic mass is 16.4. The molecule has 0 aromatic heterocycles. The summed E-state index contributed by atoms with van der Waals surface area (Å²) >= 11 is 0. The van der Waals surface area contributed by atoms with E-state index in [1.165, 1.54) is 39.5 Å². The largest absolute Gasteiger partial charge is 0.480 e. The maximum atomic E-state index is 14.8. The van der Waals surface area contributed by atoms with Crippen molar-refractivity contribution < 1.29 is 86.6 Å². The number of nitrogens with zero attached hydrogens (tertiary/aromatic N) is 2. The summed E-state index contributed by atoms with van der Waals surface area (Å²) in [7, 11) is 0. The van der Waals surface area contributed by atoms with Gasteiger partial charge in [-0.2, -0.15) is 0 Å². The zero-order chi connectivity index (χ0) is 95.9. The van der Waals surface area contributed by atoms with Crippen molar-refractivity contribution in [2.45, 2.75) is 349 Å². The molecule has 42 nitrogen and oxygen atoms in total. The molecule has 16 amide bonds. The highest BCUT2D eigenvalue weighted by Crippen LogP contribution is 2.23. The summed E-state index contributed by atoms with van der Waals surface area (Å²) in [4.78, 5) is 243. The zero-order valence-corrected chi connectivity index (χ0v) is 77.5. The van der Waals surface area contributed by atoms with Crippen molar-refractivity contribution >= 4 is 106 Å². The summed E-state index contributed by atoms with van der Waals surface area (Å²) < 4.78 is 0. The van der Waals surface area contributed by atoms with Crippen LogP contribution in [0.25, 0.3) is 0 Å². The number of aliphatic carboxylic acids is 1. The number of hydrogen-bond acceptors (Lipinski definition) is 23. The van der Waals surface area contributed by atoms with Crippen LogP contribution >= 0.6 is 0 Å². The summed E-state index contributed by atoms with van der Waals surface area (Å²) in [6.45, 7) is 29.2. The van der Waals surface area contributed by atoms with Crippen molar-refractivity contribution in [3.05, 3.63) is 0 Å². The number of carbonyl (C=O) groups excluding carboxylic acids is 16. The predicted octanol–water partition coefficient (Wildman–Crippen LogP) is -3.17. The van der Waals surface area contributed by atoms with Gasteiger partial charge in [0, 0.05) is 13.1 Å². The summed E-state index contributed by atoms with van der Waals surface area (Å²) in [6, 6.07) is -21.1. The molecule has 1 fully saturated rings. The van der Waals surface area contributed by atoms with Crippen LogP contribution in [0.2, 0.25) is 0 Å². The smallest absolute Gasteiger partial charge is 0.325 e. The lowest BCUT2D eigenvalue weighted by Gasteiger charge is -2.32. The Hall–Kier alpha value is -9.94. The normalized spacial score (nSPS) is 16.5. The minimum atomic E-state index is -1.37. The third-order valence-corrected chi connectivity index (χ3v) is 21.0. The first-order valence-electron chi connectivity index (χ1n) is 44.8. The van der Waals surface area contributed by atoms with E-state index in [4.69, 9.17) is 40.1 Å². The SMILES string of the molecule is CC(C)C[C@H](NC(=O)[C@H](CC(C)C)NC(=O)[C@@H](NC(=O)[C@@H]1CCCN1C(=O)[C@H](CC(C)C)NC(=O)[C@H](CC(C)C)NC(=O)[C@@H](NC(=O)[C@H](C)NC(=O)[C@H](C)N)C(C)C)C(C)C)C(=O)N[C@@H](C)C(=O)N[C@@H](C)C(=O)N[C@@H](CCCCN)C(=O)N[C@@H](CCCCN)C(=O)N[C@@H](CCCCN)C(=O)N[C@@H](CCCN=C(N)N)C(=O)N[C@@H](CCCCN)C(=O)N[C@@H](C)C(=O)O. The molecule has 0 spiro atoms. The summed E-state index contributed by atoms with van der Waals surface area (Å²) in [5.74, 6) is -15.3. The number of rotatable bonds is 62. The van der Waals surface area contributed by atoms with Gasteiger partial charge in [0.1, 0.15) is 96.7 Å². The van der Waals surface area contributed by atoms with Gasteiger partial charge in [-0.05, 0) is 225 Å². The zero-order valence-electron chi connectivity index (χ0n) is 77.5. The van der Waals surface area contributed by atoms with E-state index in [9.17, 15) is 86.6 Å². The Bertz CT molecular complexity index is 3540. The van der Waals surface area contributed by atoms with Crippen molar-refractivity contribution in [2.75, 3.05) is 39.3 Å². The fourth-order valence-electron chi connectivity index (χ4n) is 13.7. The average molecular weight is 1790 g/mol. The first kappa shape index (κ1) is 114. The molecule has 1 aliphatic heterocycles. The van der Waals surface area contributed by atoms with Gasteiger partial charge in [0.25, 0.3) is 0 Å². The summed E-state index contributed by atoms with van der Waals surface area (Å²) in [5, 5.41) is 49.6. The third kappa shape index (κ3) is 43.5. The number of nitrogens with two attached hydrogens (primary N) is 7. The van der Waals surface area contributed by atoms with Crippen LogP contribution in [-0.4, -0.2) is 258 Å². The quantitative estimate of drug-likeness (QED) is 0.0162. The fraction of sp³-hybridized carbons (Fsp3) is 0.786. The van der Waals surface area contributed by atoms with Crippen LogP contribution in [0.15, 0.2) is 4.99 Å². The van der Waals surface area contributed by atoms with Crippen molar-refractivity contribution in [1.29, 1.82) is 0 Å². The van der Waals surface area contributed by atoms with E-state index in [1.807, 2.05) is 41.5 Å². The van der Waals surface area contributed by atoms with E-state index in [0.29, 0.717) is 57.8 Å². The minimum Gasteiger partial charge on any atom is -0.480 e. The summed E-state index contributed by atoms with van der Waals surface area (Å²) in [6.07, 6.45) is 4.04. The Kier molecular flexibility index (Phi) is 54.2. The van der Waals surface area contributed by atoms with E-state index < -0.39 is 215 Å². The highest BCUT2D eigenvalue weighted by Gasteiger charge is 2.43. The number of carbonyl (C=O) groups is 17. The van der Waals surface area contributed by atoms with Crippen LogP contribution in [0.4, 0.5) is 0 Å². The van der Waals surface area contributed by atoms with Crippen LogP contribution in [-0.2, 0) is 81.5 Å². The second kappa shape index (κ2) is 59.9. The Morgan fingerprint density at radius 1 is 0.325 bits per heavy atom. The molecule has 0 bridgehead atoms. The first-order valence-corrected chi connectivity index (χ1v) is 44.8. The molecule has 1 saturated heterocycles. The molecule has 0 aromatic rings. The molecule has 0 unspecified atom stereocenters. The summed E-state index contributed by atoms with van der Waals surface area (Å²) in [5.41, 5.74) is 40.0.